The number of fused-ring (bicyclic) bond motifs is 2. The fourth-order valence-corrected chi connectivity index (χ4v) is 3.87. The third kappa shape index (κ3) is 4.09. The maximum atomic E-state index is 12.9. The van der Waals surface area contributed by atoms with Gasteiger partial charge in [-0.2, -0.15) is 5.10 Å². The first-order chi connectivity index (χ1) is 14.0. The lowest BCUT2D eigenvalue weighted by molar-refractivity contribution is 0.0934. The standard InChI is InChI=1S/C22H27N5O2/c1-15(2)9-13-27-22(29)26-12-10-17(6-7-20(26)25-27)24-21(28)18-5-3-4-16-8-11-23-14-19(16)18/h3-5,8,11,14-15,17H,6-7,9-10,12-13H2,1-2H3,(H,24,28). The number of pyridine rings is 1. The number of carbonyl (C=O) groups excluding carboxylic acids is 1. The van der Waals surface area contributed by atoms with Gasteiger partial charge in [0.1, 0.15) is 5.82 Å². The smallest absolute Gasteiger partial charge is 0.345 e. The van der Waals surface area contributed by atoms with Gasteiger partial charge in [-0.1, -0.05) is 26.0 Å². The number of nitrogens with one attached hydrogen (secondary N) is 1. The third-order valence-corrected chi connectivity index (χ3v) is 5.60. The van der Waals surface area contributed by atoms with Crippen LogP contribution in [0.3, 0.4) is 0 Å². The minimum atomic E-state index is -0.0949. The molecule has 0 spiro atoms. The van der Waals surface area contributed by atoms with E-state index in [-0.39, 0.29) is 17.6 Å². The Balaban J connectivity index is 1.45. The minimum Gasteiger partial charge on any atom is -0.349 e. The van der Waals surface area contributed by atoms with Gasteiger partial charge in [0.25, 0.3) is 5.91 Å². The highest BCUT2D eigenvalue weighted by Gasteiger charge is 2.23. The van der Waals surface area contributed by atoms with Crippen molar-refractivity contribution < 1.29 is 4.79 Å². The van der Waals surface area contributed by atoms with Crippen LogP contribution < -0.4 is 11.0 Å². The van der Waals surface area contributed by atoms with Gasteiger partial charge in [0.05, 0.1) is 0 Å². The molecule has 0 saturated carbocycles. The molecule has 0 radical (unpaired) electrons. The second kappa shape index (κ2) is 8.19. The molecule has 0 fully saturated rings. The van der Waals surface area contributed by atoms with Crippen molar-refractivity contribution in [2.75, 3.05) is 0 Å². The quantitative estimate of drug-likeness (QED) is 0.723. The summed E-state index contributed by atoms with van der Waals surface area (Å²) >= 11 is 0. The van der Waals surface area contributed by atoms with Gasteiger partial charge >= 0.3 is 5.69 Å². The molecule has 1 N–H and O–H groups in total. The molecular weight excluding hydrogens is 366 g/mol. The summed E-state index contributed by atoms with van der Waals surface area (Å²) in [6.07, 6.45) is 6.57. The second-order valence-corrected chi connectivity index (χ2v) is 8.16. The van der Waals surface area contributed by atoms with Gasteiger partial charge in [-0.3, -0.25) is 14.3 Å². The van der Waals surface area contributed by atoms with Crippen molar-refractivity contribution >= 4 is 16.7 Å². The zero-order valence-corrected chi connectivity index (χ0v) is 17.0. The van der Waals surface area contributed by atoms with E-state index in [0.717, 1.165) is 35.9 Å². The Morgan fingerprint density at radius 3 is 2.97 bits per heavy atom. The molecule has 2 aromatic heterocycles. The van der Waals surface area contributed by atoms with Crippen LogP contribution in [0.15, 0.2) is 41.5 Å². The van der Waals surface area contributed by atoms with Crippen molar-refractivity contribution in [3.63, 3.8) is 0 Å². The van der Waals surface area contributed by atoms with Crippen molar-refractivity contribution in [3.05, 3.63) is 58.5 Å². The second-order valence-electron chi connectivity index (χ2n) is 8.16. The number of nitrogens with zero attached hydrogens (tertiary/aromatic N) is 4. The Hall–Kier alpha value is -2.96. The summed E-state index contributed by atoms with van der Waals surface area (Å²) in [7, 11) is 0. The van der Waals surface area contributed by atoms with Gasteiger partial charge in [0.2, 0.25) is 0 Å². The summed E-state index contributed by atoms with van der Waals surface area (Å²) < 4.78 is 3.37. The van der Waals surface area contributed by atoms with Crippen LogP contribution in [0.25, 0.3) is 10.8 Å². The Morgan fingerprint density at radius 1 is 1.28 bits per heavy atom. The molecule has 1 unspecified atom stereocenters. The normalized spacial score (nSPS) is 16.6. The van der Waals surface area contributed by atoms with E-state index in [4.69, 9.17) is 0 Å². The van der Waals surface area contributed by atoms with E-state index in [1.54, 1.807) is 21.6 Å². The van der Waals surface area contributed by atoms with Crippen molar-refractivity contribution in [1.29, 1.82) is 0 Å². The van der Waals surface area contributed by atoms with E-state index in [9.17, 15) is 9.59 Å². The van der Waals surface area contributed by atoms with Gasteiger partial charge in [-0.05, 0) is 42.7 Å². The first-order valence-corrected chi connectivity index (χ1v) is 10.3. The molecule has 7 heteroatoms. The van der Waals surface area contributed by atoms with Crippen LogP contribution in [0, 0.1) is 5.92 Å². The number of amides is 1. The molecule has 3 heterocycles. The molecule has 4 rings (SSSR count). The van der Waals surface area contributed by atoms with Crippen LogP contribution in [-0.4, -0.2) is 31.3 Å². The molecular formula is C22H27N5O2. The summed E-state index contributed by atoms with van der Waals surface area (Å²) in [4.78, 5) is 29.7. The molecule has 1 aliphatic heterocycles. The van der Waals surface area contributed by atoms with Crippen LogP contribution >= 0.6 is 0 Å². The molecule has 0 saturated heterocycles. The van der Waals surface area contributed by atoms with Gasteiger partial charge in [-0.25, -0.2) is 9.48 Å². The monoisotopic (exact) mass is 393 g/mol. The average molecular weight is 393 g/mol. The minimum absolute atomic E-state index is 0.0136. The summed E-state index contributed by atoms with van der Waals surface area (Å²) in [5, 5.41) is 9.54. The Morgan fingerprint density at radius 2 is 2.14 bits per heavy atom. The number of hydrogen-bond acceptors (Lipinski definition) is 4. The number of aryl methyl sites for hydroxylation is 2. The lowest BCUT2D eigenvalue weighted by Crippen LogP contribution is -2.36. The van der Waals surface area contributed by atoms with Gasteiger partial charge in [0, 0.05) is 48.9 Å². The number of carbonyl (C=O) groups is 1. The molecule has 1 amide bonds. The fourth-order valence-electron chi connectivity index (χ4n) is 3.87. The third-order valence-electron chi connectivity index (χ3n) is 5.60. The molecule has 7 nitrogen and oxygen atoms in total. The maximum Gasteiger partial charge on any atom is 0.345 e. The number of rotatable bonds is 5. The van der Waals surface area contributed by atoms with Crippen LogP contribution in [-0.2, 0) is 19.5 Å². The highest BCUT2D eigenvalue weighted by atomic mass is 16.2. The zero-order chi connectivity index (χ0) is 20.4. The average Bonchev–Trinajstić information content (AvgIpc) is 2.88. The lowest BCUT2D eigenvalue weighted by Gasteiger charge is -2.17. The highest BCUT2D eigenvalue weighted by molar-refractivity contribution is 6.06. The topological polar surface area (TPSA) is 81.8 Å². The Labute approximate surface area is 169 Å². The van der Waals surface area contributed by atoms with Crippen molar-refractivity contribution in [2.24, 2.45) is 5.92 Å². The first kappa shape index (κ1) is 19.4. The first-order valence-electron chi connectivity index (χ1n) is 10.3. The molecule has 152 valence electrons. The SMILES string of the molecule is CC(C)CCn1nc2n(c1=O)CCC(NC(=O)c1cccc3ccncc13)CC2. The summed E-state index contributed by atoms with van der Waals surface area (Å²) in [5.41, 5.74) is 0.598. The van der Waals surface area contributed by atoms with E-state index in [1.165, 1.54) is 0 Å². The molecule has 0 bridgehead atoms. The van der Waals surface area contributed by atoms with Crippen LogP contribution in [0.1, 0.15) is 49.3 Å². The van der Waals surface area contributed by atoms with E-state index in [2.05, 4.69) is 29.2 Å². The van der Waals surface area contributed by atoms with E-state index >= 15 is 0 Å². The van der Waals surface area contributed by atoms with E-state index in [0.29, 0.717) is 31.0 Å². The van der Waals surface area contributed by atoms with Crippen LogP contribution in [0.4, 0.5) is 0 Å². The van der Waals surface area contributed by atoms with E-state index in [1.807, 2.05) is 24.3 Å². The predicted octanol–water partition coefficient (Wildman–Crippen LogP) is 2.77. The van der Waals surface area contributed by atoms with Gasteiger partial charge in [-0.15, -0.1) is 0 Å². The van der Waals surface area contributed by atoms with Crippen LogP contribution in [0.2, 0.25) is 0 Å². The van der Waals surface area contributed by atoms with Crippen LogP contribution in [0.5, 0.6) is 0 Å². The zero-order valence-electron chi connectivity index (χ0n) is 17.0. The summed E-state index contributed by atoms with van der Waals surface area (Å²) in [5.74, 6) is 1.26. The molecule has 1 aromatic carbocycles. The largest absolute Gasteiger partial charge is 0.349 e. The van der Waals surface area contributed by atoms with E-state index < -0.39 is 0 Å². The molecule has 3 aromatic rings. The molecule has 29 heavy (non-hydrogen) atoms. The predicted molar refractivity (Wildman–Crippen MR) is 112 cm³/mol. The Kier molecular flexibility index (Phi) is 5.47. The highest BCUT2D eigenvalue weighted by Crippen LogP contribution is 2.19. The van der Waals surface area contributed by atoms with Gasteiger partial charge in [0.15, 0.2) is 0 Å². The Bertz CT molecular complexity index is 1080. The van der Waals surface area contributed by atoms with Crippen molar-refractivity contribution in [3.8, 4) is 0 Å². The van der Waals surface area contributed by atoms with Gasteiger partial charge < -0.3 is 5.32 Å². The summed E-state index contributed by atoms with van der Waals surface area (Å²) in [6.45, 7) is 5.53. The number of aromatic nitrogens is 4. The number of hydrogen-bond donors (Lipinski definition) is 1. The molecule has 0 aliphatic carbocycles. The maximum absolute atomic E-state index is 12.9. The molecule has 1 atom stereocenters. The van der Waals surface area contributed by atoms with Crippen molar-refractivity contribution in [2.45, 2.75) is 58.7 Å². The lowest BCUT2D eigenvalue weighted by atomic mass is 10.0. The summed E-state index contributed by atoms with van der Waals surface area (Å²) in [6, 6.07) is 7.61. The van der Waals surface area contributed by atoms with Crippen molar-refractivity contribution in [1.82, 2.24) is 24.6 Å². The molecule has 1 aliphatic rings. The fraction of sp³-hybridized carbons (Fsp3) is 0.455. The number of benzene rings is 1.